The molecule has 1 aliphatic rings. The first-order chi connectivity index (χ1) is 15.6. The van der Waals surface area contributed by atoms with Crippen LogP contribution in [0.4, 0.5) is 8.78 Å². The fourth-order valence-corrected chi connectivity index (χ4v) is 4.72. The summed E-state index contributed by atoms with van der Waals surface area (Å²) in [5.41, 5.74) is 2.18. The fourth-order valence-electron chi connectivity index (χ4n) is 4.60. The van der Waals surface area contributed by atoms with Gasteiger partial charge in [0, 0.05) is 17.5 Å². The minimum Gasteiger partial charge on any atom is -0.494 e. The molecule has 1 heterocycles. The minimum absolute atomic E-state index is 0.145. The molecule has 168 valence electrons. The van der Waals surface area contributed by atoms with Gasteiger partial charge in [0.1, 0.15) is 17.4 Å². The van der Waals surface area contributed by atoms with Gasteiger partial charge in [-0.1, -0.05) is 35.9 Å². The largest absolute Gasteiger partial charge is 0.494 e. The summed E-state index contributed by atoms with van der Waals surface area (Å²) in [6, 6.07) is 21.0. The number of benzene rings is 3. The van der Waals surface area contributed by atoms with E-state index >= 15 is 0 Å². The van der Waals surface area contributed by atoms with Gasteiger partial charge in [0.15, 0.2) is 0 Å². The molecule has 1 fully saturated rings. The number of halogens is 3. The monoisotopic (exact) mass is 455 g/mol. The summed E-state index contributed by atoms with van der Waals surface area (Å²) in [6.07, 6.45) is 3.07. The lowest BCUT2D eigenvalue weighted by atomic mass is 9.76. The molecule has 0 unspecified atom stereocenters. The van der Waals surface area contributed by atoms with E-state index in [4.69, 9.17) is 16.3 Å². The van der Waals surface area contributed by atoms with E-state index in [-0.39, 0.29) is 17.6 Å². The van der Waals surface area contributed by atoms with Crippen LogP contribution in [0.5, 0.6) is 5.75 Å². The SMILES string of the molecule is Fc1ccc(C(c2ccc(F)cc2)C2CCN(CCCOc3ccc(Cl)cc3)CC2)cc1. The van der Waals surface area contributed by atoms with E-state index in [0.717, 1.165) is 55.8 Å². The van der Waals surface area contributed by atoms with Crippen LogP contribution in [-0.2, 0) is 0 Å². The van der Waals surface area contributed by atoms with E-state index < -0.39 is 0 Å². The predicted octanol–water partition coefficient (Wildman–Crippen LogP) is 6.93. The topological polar surface area (TPSA) is 12.5 Å². The molecule has 0 N–H and O–H groups in total. The molecule has 0 radical (unpaired) electrons. The number of hydrogen-bond donors (Lipinski definition) is 0. The van der Waals surface area contributed by atoms with Crippen LogP contribution in [0.2, 0.25) is 5.02 Å². The van der Waals surface area contributed by atoms with Gasteiger partial charge in [-0.25, -0.2) is 8.78 Å². The Bertz CT molecular complexity index is 923. The van der Waals surface area contributed by atoms with Crippen molar-refractivity contribution in [2.75, 3.05) is 26.2 Å². The van der Waals surface area contributed by atoms with E-state index in [1.807, 2.05) is 48.5 Å². The summed E-state index contributed by atoms with van der Waals surface area (Å²) in [4.78, 5) is 2.48. The zero-order valence-corrected chi connectivity index (χ0v) is 18.8. The molecule has 3 aromatic carbocycles. The highest BCUT2D eigenvalue weighted by molar-refractivity contribution is 6.30. The number of ether oxygens (including phenoxy) is 1. The van der Waals surface area contributed by atoms with Crippen molar-refractivity contribution >= 4 is 11.6 Å². The van der Waals surface area contributed by atoms with Crippen LogP contribution in [0.3, 0.4) is 0 Å². The number of rotatable bonds is 8. The summed E-state index contributed by atoms with van der Waals surface area (Å²) in [6.45, 7) is 3.71. The van der Waals surface area contributed by atoms with Crippen molar-refractivity contribution in [2.45, 2.75) is 25.2 Å². The Morgan fingerprint density at radius 2 is 1.34 bits per heavy atom. The van der Waals surface area contributed by atoms with Crippen molar-refractivity contribution in [1.82, 2.24) is 4.90 Å². The third-order valence-corrected chi connectivity index (χ3v) is 6.51. The molecule has 32 heavy (non-hydrogen) atoms. The van der Waals surface area contributed by atoms with Crippen LogP contribution in [-0.4, -0.2) is 31.1 Å². The Morgan fingerprint density at radius 1 is 0.812 bits per heavy atom. The molecule has 0 bridgehead atoms. The maximum absolute atomic E-state index is 13.5. The molecular weight excluding hydrogens is 428 g/mol. The second-order valence-electron chi connectivity index (χ2n) is 8.42. The summed E-state index contributed by atoms with van der Waals surface area (Å²) in [5, 5.41) is 0.708. The molecule has 4 rings (SSSR count). The van der Waals surface area contributed by atoms with Gasteiger partial charge in [0.2, 0.25) is 0 Å². The van der Waals surface area contributed by atoms with E-state index in [1.54, 1.807) is 0 Å². The first-order valence-corrected chi connectivity index (χ1v) is 11.6. The lowest BCUT2D eigenvalue weighted by Gasteiger charge is -2.36. The quantitative estimate of drug-likeness (QED) is 0.341. The Morgan fingerprint density at radius 3 is 1.88 bits per heavy atom. The molecular formula is C27H28ClF2NO. The molecule has 0 aliphatic carbocycles. The molecule has 3 aromatic rings. The molecule has 0 spiro atoms. The first-order valence-electron chi connectivity index (χ1n) is 11.2. The van der Waals surface area contributed by atoms with Gasteiger partial charge >= 0.3 is 0 Å². The van der Waals surface area contributed by atoms with E-state index in [9.17, 15) is 8.78 Å². The van der Waals surface area contributed by atoms with Gasteiger partial charge in [-0.15, -0.1) is 0 Å². The van der Waals surface area contributed by atoms with Crippen LogP contribution in [0.1, 0.15) is 36.3 Å². The van der Waals surface area contributed by atoms with Gasteiger partial charge in [-0.2, -0.15) is 0 Å². The zero-order chi connectivity index (χ0) is 22.3. The van der Waals surface area contributed by atoms with Crippen molar-refractivity contribution in [1.29, 1.82) is 0 Å². The van der Waals surface area contributed by atoms with Crippen LogP contribution in [0.25, 0.3) is 0 Å². The Kier molecular flexibility index (Phi) is 7.77. The van der Waals surface area contributed by atoms with Gasteiger partial charge in [-0.3, -0.25) is 0 Å². The molecule has 1 aliphatic heterocycles. The third-order valence-electron chi connectivity index (χ3n) is 6.26. The minimum atomic E-state index is -0.234. The van der Waals surface area contributed by atoms with Crippen LogP contribution < -0.4 is 4.74 Å². The Hall–Kier alpha value is -2.43. The highest BCUT2D eigenvalue weighted by atomic mass is 35.5. The molecule has 0 saturated carbocycles. The molecule has 2 nitrogen and oxygen atoms in total. The van der Waals surface area contributed by atoms with Gasteiger partial charge in [-0.05, 0) is 97.9 Å². The fraction of sp³-hybridized carbons (Fsp3) is 0.333. The van der Waals surface area contributed by atoms with Crippen LogP contribution in [0, 0.1) is 17.6 Å². The van der Waals surface area contributed by atoms with Crippen LogP contribution >= 0.6 is 11.6 Å². The lowest BCUT2D eigenvalue weighted by molar-refractivity contribution is 0.163. The highest BCUT2D eigenvalue weighted by Crippen LogP contribution is 2.38. The summed E-state index contributed by atoms with van der Waals surface area (Å²) < 4.78 is 32.8. The summed E-state index contributed by atoms with van der Waals surface area (Å²) >= 11 is 5.90. The van der Waals surface area contributed by atoms with Gasteiger partial charge in [0.25, 0.3) is 0 Å². The second kappa shape index (κ2) is 10.9. The van der Waals surface area contributed by atoms with Gasteiger partial charge < -0.3 is 9.64 Å². The zero-order valence-electron chi connectivity index (χ0n) is 18.0. The lowest BCUT2D eigenvalue weighted by Crippen LogP contribution is -2.36. The molecule has 0 atom stereocenters. The standard InChI is InChI=1S/C27H28ClF2NO/c28-23-6-12-26(13-7-23)32-19-1-16-31-17-14-22(15-18-31)27(20-2-8-24(29)9-3-20)21-4-10-25(30)11-5-21/h2-13,22,27H,1,14-19H2. The molecule has 1 saturated heterocycles. The number of nitrogens with zero attached hydrogens (tertiary/aromatic N) is 1. The highest BCUT2D eigenvalue weighted by Gasteiger charge is 2.29. The van der Waals surface area contributed by atoms with Crippen molar-refractivity contribution in [3.05, 3.63) is 101 Å². The smallest absolute Gasteiger partial charge is 0.123 e. The van der Waals surface area contributed by atoms with Gasteiger partial charge in [0.05, 0.1) is 6.61 Å². The maximum atomic E-state index is 13.5. The second-order valence-corrected chi connectivity index (χ2v) is 8.85. The van der Waals surface area contributed by atoms with Crippen LogP contribution in [0.15, 0.2) is 72.8 Å². The van der Waals surface area contributed by atoms with E-state index in [1.165, 1.54) is 24.3 Å². The normalized spacial score (nSPS) is 15.2. The predicted molar refractivity (Wildman–Crippen MR) is 125 cm³/mol. The van der Waals surface area contributed by atoms with Crippen molar-refractivity contribution in [3.8, 4) is 5.75 Å². The first kappa shape index (κ1) is 22.8. The average Bonchev–Trinajstić information content (AvgIpc) is 2.81. The van der Waals surface area contributed by atoms with Crippen molar-refractivity contribution in [3.63, 3.8) is 0 Å². The average molecular weight is 456 g/mol. The Balaban J connectivity index is 1.32. The molecule has 0 aromatic heterocycles. The summed E-state index contributed by atoms with van der Waals surface area (Å²) in [7, 11) is 0. The van der Waals surface area contributed by atoms with E-state index in [0.29, 0.717) is 17.5 Å². The summed E-state index contributed by atoms with van der Waals surface area (Å²) in [5.74, 6) is 0.957. The number of likely N-dealkylation sites (tertiary alicyclic amines) is 1. The molecule has 5 heteroatoms. The number of piperidine rings is 1. The van der Waals surface area contributed by atoms with Crippen molar-refractivity contribution in [2.24, 2.45) is 5.92 Å². The maximum Gasteiger partial charge on any atom is 0.123 e. The van der Waals surface area contributed by atoms with E-state index in [2.05, 4.69) is 4.90 Å². The Labute approximate surface area is 193 Å². The third kappa shape index (κ3) is 6.08. The number of hydrogen-bond acceptors (Lipinski definition) is 2. The molecule has 0 amide bonds. The van der Waals surface area contributed by atoms with Crippen molar-refractivity contribution < 1.29 is 13.5 Å².